The second-order valence-corrected chi connectivity index (χ2v) is 0.671. The van der Waals surface area contributed by atoms with Crippen LogP contribution in [-0.4, -0.2) is 0 Å². The van der Waals surface area contributed by atoms with Gasteiger partial charge in [0.1, 0.15) is 0 Å². The van der Waals surface area contributed by atoms with Crippen LogP contribution in [0.3, 0.4) is 0 Å². The molecule has 0 aliphatic rings. The average Bonchev–Trinajstić information content (AvgIpc) is 0.811. The minimum absolute atomic E-state index is 0. The summed E-state index contributed by atoms with van der Waals surface area (Å²) in [4.78, 5) is 25.4. The molecule has 0 saturated heterocycles. The van der Waals surface area contributed by atoms with Crippen molar-refractivity contribution in [3.8, 4) is 0 Å². The van der Waals surface area contributed by atoms with Gasteiger partial charge >= 0.3 is 154 Å². The van der Waals surface area contributed by atoms with Gasteiger partial charge in [0.05, 0.1) is 0 Å². The Morgan fingerprint density at radius 3 is 0.750 bits per heavy atom. The molecule has 0 aliphatic heterocycles. The van der Waals surface area contributed by atoms with E-state index in [0.717, 1.165) is 0 Å². The van der Waals surface area contributed by atoms with Crippen molar-refractivity contribution in [2.24, 2.45) is 0 Å². The summed E-state index contributed by atoms with van der Waals surface area (Å²) in [5.41, 5.74) is 0. The molecule has 0 bridgehead atoms. The molecule has 0 aromatic heterocycles. The average molecular weight is 216 g/mol. The van der Waals surface area contributed by atoms with Crippen LogP contribution in [-0.2, 0) is 0 Å². The molecule has 0 saturated carbocycles. The Kier molecular flexibility index (Phi) is 83.1. The van der Waals surface area contributed by atoms with E-state index in [1.807, 2.05) is 0 Å². The smallest absolute Gasteiger partial charge is 0.854 e. The first kappa shape index (κ1) is 29.2. The predicted molar refractivity (Wildman–Crippen MR) is 9.42 cm³/mol. The van der Waals surface area contributed by atoms with Crippen molar-refractivity contribution in [1.82, 2.24) is 0 Å². The Labute approximate surface area is 176 Å². The molecule has 0 aromatic rings. The molecule has 0 N–H and O–H groups in total. The maximum absolute atomic E-state index is 8.48. The summed E-state index contributed by atoms with van der Waals surface area (Å²) in [5.74, 6) is 0. The van der Waals surface area contributed by atoms with E-state index in [0.29, 0.717) is 0 Å². The zero-order valence-electron chi connectivity index (χ0n) is 5.08. The topological polar surface area (TPSA) is 69.2 Å². The second kappa shape index (κ2) is 22.7. The minimum atomic E-state index is -3.37. The SMILES string of the molecule is F.[K+].[K+].[K+].[O-]P([O-])[O-]. The maximum atomic E-state index is 8.48. The van der Waals surface area contributed by atoms with E-state index < -0.39 is 8.60 Å². The van der Waals surface area contributed by atoms with Gasteiger partial charge in [0, 0.05) is 0 Å². The van der Waals surface area contributed by atoms with Gasteiger partial charge < -0.3 is 23.3 Å². The van der Waals surface area contributed by atoms with Crippen molar-refractivity contribution in [3.05, 3.63) is 0 Å². The second-order valence-electron chi connectivity index (χ2n) is 0.224. The molecule has 8 heteroatoms. The normalized spacial score (nSPS) is 4.50. The van der Waals surface area contributed by atoms with Crippen molar-refractivity contribution >= 4 is 8.60 Å². The van der Waals surface area contributed by atoms with Crippen LogP contribution in [0.4, 0.5) is 4.70 Å². The fourth-order valence-electron chi connectivity index (χ4n) is 0. The van der Waals surface area contributed by atoms with Gasteiger partial charge in [-0.15, -0.1) is 0 Å². The zero-order valence-corrected chi connectivity index (χ0v) is 15.3. The molecule has 0 spiro atoms. The van der Waals surface area contributed by atoms with E-state index in [2.05, 4.69) is 0 Å². The Morgan fingerprint density at radius 1 is 0.750 bits per heavy atom. The summed E-state index contributed by atoms with van der Waals surface area (Å²) in [6, 6.07) is 0. The van der Waals surface area contributed by atoms with E-state index in [4.69, 9.17) is 14.7 Å². The molecule has 0 unspecified atom stereocenters. The summed E-state index contributed by atoms with van der Waals surface area (Å²) in [6.07, 6.45) is 0. The van der Waals surface area contributed by atoms with Gasteiger partial charge in [-0.25, -0.2) is 0 Å². The maximum Gasteiger partial charge on any atom is 1.00 e. The summed E-state index contributed by atoms with van der Waals surface area (Å²) in [7, 11) is -3.37. The van der Waals surface area contributed by atoms with E-state index >= 15 is 0 Å². The summed E-state index contributed by atoms with van der Waals surface area (Å²) >= 11 is 0. The molecule has 0 radical (unpaired) electrons. The monoisotopic (exact) mass is 216 g/mol. The van der Waals surface area contributed by atoms with E-state index in [1.165, 1.54) is 0 Å². The van der Waals surface area contributed by atoms with Crippen molar-refractivity contribution in [3.63, 3.8) is 0 Å². The number of hydrogen-bond donors (Lipinski definition) is 0. The quantitative estimate of drug-likeness (QED) is 0.298. The third-order valence-corrected chi connectivity index (χ3v) is 0. The Morgan fingerprint density at radius 2 is 0.750 bits per heavy atom. The van der Waals surface area contributed by atoms with Crippen LogP contribution in [0.25, 0.3) is 0 Å². The Balaban J connectivity index is -0.00000000750. The first-order valence-corrected chi connectivity index (χ1v) is 1.64. The molecule has 0 aromatic carbocycles. The van der Waals surface area contributed by atoms with Crippen LogP contribution < -0.4 is 169 Å². The third kappa shape index (κ3) is 43.3. The van der Waals surface area contributed by atoms with E-state index in [9.17, 15) is 0 Å². The first-order chi connectivity index (χ1) is 1.73. The molecule has 0 rings (SSSR count). The summed E-state index contributed by atoms with van der Waals surface area (Å²) in [6.45, 7) is 0. The van der Waals surface area contributed by atoms with Crippen LogP contribution >= 0.6 is 8.60 Å². The van der Waals surface area contributed by atoms with Gasteiger partial charge in [0.25, 0.3) is 0 Å². The van der Waals surface area contributed by atoms with Gasteiger partial charge in [-0.2, -0.15) is 0 Å². The van der Waals surface area contributed by atoms with Crippen LogP contribution in [0.1, 0.15) is 0 Å². The summed E-state index contributed by atoms with van der Waals surface area (Å²) in [5, 5.41) is 0. The molecule has 0 fully saturated rings. The molecular weight excluding hydrogens is 215 g/mol. The molecule has 0 heterocycles. The molecule has 34 valence electrons. The van der Waals surface area contributed by atoms with Crippen molar-refractivity contribution < 1.29 is 174 Å². The minimum Gasteiger partial charge on any atom is -0.854 e. The number of hydrogen-bond acceptors (Lipinski definition) is 3. The van der Waals surface area contributed by atoms with E-state index in [-0.39, 0.29) is 159 Å². The van der Waals surface area contributed by atoms with Gasteiger partial charge in [-0.05, 0) is 0 Å². The Bertz CT molecular complexity index is 19.2. The third-order valence-electron chi connectivity index (χ3n) is 0. The van der Waals surface area contributed by atoms with Crippen molar-refractivity contribution in [2.45, 2.75) is 0 Å². The van der Waals surface area contributed by atoms with Crippen LogP contribution in [0.2, 0.25) is 0 Å². The van der Waals surface area contributed by atoms with Gasteiger partial charge in [0.2, 0.25) is 0 Å². The Hall–Kier alpha value is 5.15. The van der Waals surface area contributed by atoms with Gasteiger partial charge in [-0.1, -0.05) is 0 Å². The van der Waals surface area contributed by atoms with Crippen molar-refractivity contribution in [1.29, 1.82) is 0 Å². The fourth-order valence-corrected chi connectivity index (χ4v) is 0. The van der Waals surface area contributed by atoms with Crippen LogP contribution in [0.5, 0.6) is 0 Å². The number of rotatable bonds is 0. The van der Waals surface area contributed by atoms with E-state index in [1.54, 1.807) is 0 Å². The number of halogens is 1. The van der Waals surface area contributed by atoms with Crippen molar-refractivity contribution in [2.75, 3.05) is 0 Å². The molecule has 0 amide bonds. The molecule has 0 atom stereocenters. The molecule has 3 nitrogen and oxygen atoms in total. The van der Waals surface area contributed by atoms with Gasteiger partial charge in [-0.3, -0.25) is 4.70 Å². The van der Waals surface area contributed by atoms with Crippen LogP contribution in [0, 0.1) is 0 Å². The predicted octanol–water partition coefficient (Wildman–Crippen LogP) is -11.5. The molecular formula is HFK3O3P. The largest absolute Gasteiger partial charge is 1.00 e. The van der Waals surface area contributed by atoms with Crippen LogP contribution in [0.15, 0.2) is 0 Å². The standard InChI is InChI=1S/FH.3K.O3P/c;;;;1-4(2)3/h1H;;;;/q;3*+1;-3. The van der Waals surface area contributed by atoms with Gasteiger partial charge in [0.15, 0.2) is 0 Å². The zero-order chi connectivity index (χ0) is 3.58. The molecule has 0 aliphatic carbocycles. The molecule has 8 heavy (non-hydrogen) atoms. The first-order valence-electron chi connectivity index (χ1n) is 0.548. The fraction of sp³-hybridized carbons (Fsp3) is 0. The summed E-state index contributed by atoms with van der Waals surface area (Å²) < 4.78 is 0.